The lowest BCUT2D eigenvalue weighted by Gasteiger charge is -2.05. The van der Waals surface area contributed by atoms with E-state index in [1.807, 2.05) is 43.3 Å². The summed E-state index contributed by atoms with van der Waals surface area (Å²) in [5, 5.41) is 11.5. The first kappa shape index (κ1) is 14.8. The predicted octanol–water partition coefficient (Wildman–Crippen LogP) is 2.98. The fraction of sp³-hybridized carbons (Fsp3) is 0.167. The molecule has 0 aliphatic rings. The van der Waals surface area contributed by atoms with Crippen molar-refractivity contribution < 1.29 is 9.90 Å². The largest absolute Gasteiger partial charge is 0.395 e. The number of aliphatic hydroxyl groups excluding tert-OH is 1. The van der Waals surface area contributed by atoms with Gasteiger partial charge < -0.3 is 10.4 Å². The number of rotatable bonds is 3. The molecule has 21 heavy (non-hydrogen) atoms. The molecule has 2 aromatic carbocycles. The Morgan fingerprint density at radius 1 is 1.10 bits per heavy atom. The van der Waals surface area contributed by atoms with Crippen LogP contribution in [0.3, 0.4) is 0 Å². The van der Waals surface area contributed by atoms with Crippen LogP contribution in [0.15, 0.2) is 48.5 Å². The van der Waals surface area contributed by atoms with Crippen LogP contribution in [0.4, 0.5) is 5.69 Å². The molecule has 3 nitrogen and oxygen atoms in total. The molecule has 1 amide bonds. The third-order valence-electron chi connectivity index (χ3n) is 2.93. The van der Waals surface area contributed by atoms with Crippen molar-refractivity contribution in [2.45, 2.75) is 13.3 Å². The van der Waals surface area contributed by atoms with Gasteiger partial charge in [0, 0.05) is 23.2 Å². The average Bonchev–Trinajstić information content (AvgIpc) is 2.50. The van der Waals surface area contributed by atoms with Crippen molar-refractivity contribution in [1.82, 2.24) is 0 Å². The van der Waals surface area contributed by atoms with Crippen LogP contribution >= 0.6 is 0 Å². The molecule has 2 N–H and O–H groups in total. The third-order valence-corrected chi connectivity index (χ3v) is 2.93. The fourth-order valence-corrected chi connectivity index (χ4v) is 1.77. The molecule has 0 bridgehead atoms. The molecule has 0 fully saturated rings. The molecule has 0 spiro atoms. The van der Waals surface area contributed by atoms with Gasteiger partial charge in [-0.25, -0.2) is 0 Å². The molecule has 0 saturated carbocycles. The summed E-state index contributed by atoms with van der Waals surface area (Å²) < 4.78 is 0. The summed E-state index contributed by atoms with van der Waals surface area (Å²) in [6.45, 7) is 2.05. The number of aliphatic hydroxyl groups is 1. The van der Waals surface area contributed by atoms with Gasteiger partial charge in [0.1, 0.15) is 0 Å². The van der Waals surface area contributed by atoms with Crippen molar-refractivity contribution in [1.29, 1.82) is 0 Å². The number of carbonyl (C=O) groups excluding carboxylic acids is 1. The Kier molecular flexibility index (Phi) is 5.14. The molecule has 0 heterocycles. The molecule has 2 aromatic rings. The molecule has 2 rings (SSSR count). The first-order chi connectivity index (χ1) is 10.2. The first-order valence-electron chi connectivity index (χ1n) is 6.77. The van der Waals surface area contributed by atoms with Crippen LogP contribution in [0.25, 0.3) is 0 Å². The lowest BCUT2D eigenvalue weighted by Crippen LogP contribution is -2.11. The number of benzene rings is 2. The SMILES string of the molecule is Cc1ccc(C(=O)Nc2ccc(C#CCCO)cc2)cc1. The molecule has 0 aliphatic carbocycles. The van der Waals surface area contributed by atoms with E-state index < -0.39 is 0 Å². The number of amides is 1. The van der Waals surface area contributed by atoms with Gasteiger partial charge in [0.05, 0.1) is 6.61 Å². The Bertz CT molecular complexity index is 661. The third kappa shape index (κ3) is 4.48. The molecular weight excluding hydrogens is 262 g/mol. The highest BCUT2D eigenvalue weighted by molar-refractivity contribution is 6.04. The maximum Gasteiger partial charge on any atom is 0.255 e. The van der Waals surface area contributed by atoms with Gasteiger partial charge in [0.15, 0.2) is 0 Å². The zero-order valence-corrected chi connectivity index (χ0v) is 11.9. The van der Waals surface area contributed by atoms with E-state index in [1.54, 1.807) is 12.1 Å². The maximum atomic E-state index is 12.1. The van der Waals surface area contributed by atoms with Crippen molar-refractivity contribution >= 4 is 11.6 Å². The maximum absolute atomic E-state index is 12.1. The fourth-order valence-electron chi connectivity index (χ4n) is 1.77. The molecule has 0 saturated heterocycles. The Balaban J connectivity index is 2.02. The van der Waals surface area contributed by atoms with E-state index in [0.717, 1.165) is 16.8 Å². The Morgan fingerprint density at radius 3 is 2.38 bits per heavy atom. The second kappa shape index (κ2) is 7.28. The van der Waals surface area contributed by atoms with E-state index in [-0.39, 0.29) is 12.5 Å². The molecular formula is C18H17NO2. The summed E-state index contributed by atoms with van der Waals surface area (Å²) in [6.07, 6.45) is 0.464. The van der Waals surface area contributed by atoms with Gasteiger partial charge in [-0.1, -0.05) is 29.5 Å². The first-order valence-corrected chi connectivity index (χ1v) is 6.77. The summed E-state index contributed by atoms with van der Waals surface area (Å²) in [4.78, 5) is 12.1. The lowest BCUT2D eigenvalue weighted by atomic mass is 10.1. The van der Waals surface area contributed by atoms with Crippen LogP contribution in [0.2, 0.25) is 0 Å². The number of aryl methyl sites for hydroxylation is 1. The van der Waals surface area contributed by atoms with Crippen molar-refractivity contribution in [2.24, 2.45) is 0 Å². The minimum absolute atomic E-state index is 0.0672. The van der Waals surface area contributed by atoms with Gasteiger partial charge >= 0.3 is 0 Å². The predicted molar refractivity (Wildman–Crippen MR) is 84.2 cm³/mol. The number of hydrogen-bond acceptors (Lipinski definition) is 2. The molecule has 0 aromatic heterocycles. The van der Waals surface area contributed by atoms with Gasteiger partial charge in [0.25, 0.3) is 5.91 Å². The molecule has 0 atom stereocenters. The summed E-state index contributed by atoms with van der Waals surface area (Å²) in [5.41, 5.74) is 3.34. The minimum Gasteiger partial charge on any atom is -0.395 e. The van der Waals surface area contributed by atoms with Gasteiger partial charge in [-0.2, -0.15) is 0 Å². The highest BCUT2D eigenvalue weighted by Gasteiger charge is 2.05. The molecule has 0 aliphatic heterocycles. The van der Waals surface area contributed by atoms with Gasteiger partial charge in [-0.3, -0.25) is 4.79 Å². The molecule has 3 heteroatoms. The smallest absolute Gasteiger partial charge is 0.255 e. The van der Waals surface area contributed by atoms with E-state index in [0.29, 0.717) is 12.0 Å². The zero-order valence-electron chi connectivity index (χ0n) is 11.9. The van der Waals surface area contributed by atoms with Crippen LogP contribution in [-0.4, -0.2) is 17.6 Å². The average molecular weight is 279 g/mol. The summed E-state index contributed by atoms with van der Waals surface area (Å²) >= 11 is 0. The van der Waals surface area contributed by atoms with Crippen LogP contribution in [-0.2, 0) is 0 Å². The van der Waals surface area contributed by atoms with E-state index >= 15 is 0 Å². The zero-order chi connectivity index (χ0) is 15.1. The van der Waals surface area contributed by atoms with Crippen LogP contribution in [0.5, 0.6) is 0 Å². The molecule has 106 valence electrons. The number of nitrogens with one attached hydrogen (secondary N) is 1. The second-order valence-electron chi connectivity index (χ2n) is 4.67. The monoisotopic (exact) mass is 279 g/mol. The van der Waals surface area contributed by atoms with E-state index in [9.17, 15) is 4.79 Å². The van der Waals surface area contributed by atoms with Crippen molar-refractivity contribution in [3.05, 3.63) is 65.2 Å². The van der Waals surface area contributed by atoms with Crippen LogP contribution < -0.4 is 5.32 Å². The number of carbonyl (C=O) groups is 1. The highest BCUT2D eigenvalue weighted by Crippen LogP contribution is 2.11. The van der Waals surface area contributed by atoms with Crippen molar-refractivity contribution in [3.8, 4) is 11.8 Å². The van der Waals surface area contributed by atoms with Crippen LogP contribution in [0, 0.1) is 18.8 Å². The Labute approximate surface area is 124 Å². The van der Waals surface area contributed by atoms with Crippen molar-refractivity contribution in [2.75, 3.05) is 11.9 Å². The quantitative estimate of drug-likeness (QED) is 0.849. The Hall–Kier alpha value is -2.57. The number of hydrogen-bond donors (Lipinski definition) is 2. The van der Waals surface area contributed by atoms with Crippen molar-refractivity contribution in [3.63, 3.8) is 0 Å². The van der Waals surface area contributed by atoms with E-state index in [1.165, 1.54) is 0 Å². The minimum atomic E-state index is -0.130. The van der Waals surface area contributed by atoms with E-state index in [2.05, 4.69) is 17.2 Å². The van der Waals surface area contributed by atoms with Gasteiger partial charge in [-0.05, 0) is 43.3 Å². The number of anilines is 1. The topological polar surface area (TPSA) is 49.3 Å². The standard InChI is InChI=1S/C18H17NO2/c1-14-5-9-16(10-6-14)18(21)19-17-11-7-15(8-12-17)4-2-3-13-20/h5-12,20H,3,13H2,1H3,(H,19,21). The normalized spacial score (nSPS) is 9.62. The summed E-state index contributed by atoms with van der Waals surface area (Å²) in [7, 11) is 0. The highest BCUT2D eigenvalue weighted by atomic mass is 16.2. The van der Waals surface area contributed by atoms with Crippen LogP contribution in [0.1, 0.15) is 27.9 Å². The van der Waals surface area contributed by atoms with Gasteiger partial charge in [-0.15, -0.1) is 0 Å². The summed E-state index contributed by atoms with van der Waals surface area (Å²) in [6, 6.07) is 14.7. The Morgan fingerprint density at radius 2 is 1.76 bits per heavy atom. The van der Waals surface area contributed by atoms with Gasteiger partial charge in [0.2, 0.25) is 0 Å². The summed E-state index contributed by atoms with van der Waals surface area (Å²) in [5.74, 6) is 5.67. The second-order valence-corrected chi connectivity index (χ2v) is 4.67. The van der Waals surface area contributed by atoms with E-state index in [4.69, 9.17) is 5.11 Å². The molecule has 0 unspecified atom stereocenters. The lowest BCUT2D eigenvalue weighted by molar-refractivity contribution is 0.102. The molecule has 0 radical (unpaired) electrons.